The van der Waals surface area contributed by atoms with E-state index >= 15 is 0 Å². The lowest BCUT2D eigenvalue weighted by molar-refractivity contribution is -0.384. The second-order valence-electron chi connectivity index (χ2n) is 7.43. The van der Waals surface area contributed by atoms with Gasteiger partial charge in [-0.15, -0.1) is 10.2 Å². The van der Waals surface area contributed by atoms with Crippen molar-refractivity contribution < 1.29 is 28.0 Å². The number of sulfonamides is 1. The molecule has 0 aliphatic rings. The van der Waals surface area contributed by atoms with Crippen LogP contribution in [0.15, 0.2) is 94.0 Å². The number of phenols is 1. The molecule has 4 aromatic carbocycles. The van der Waals surface area contributed by atoms with Gasteiger partial charge in [0, 0.05) is 22.9 Å². The van der Waals surface area contributed by atoms with Gasteiger partial charge in [-0.25, -0.2) is 8.42 Å². The summed E-state index contributed by atoms with van der Waals surface area (Å²) in [4.78, 5) is 22.7. The molecule has 2 N–H and O–H groups in total. The minimum atomic E-state index is -4.04. The molecule has 0 aromatic heterocycles. The highest BCUT2D eigenvalue weighted by atomic mass is 32.2. The van der Waals surface area contributed by atoms with Gasteiger partial charge >= 0.3 is 0 Å². The van der Waals surface area contributed by atoms with Crippen LogP contribution in [0.5, 0.6) is 11.5 Å². The Balaban J connectivity index is 1.72. The van der Waals surface area contributed by atoms with Crippen molar-refractivity contribution in [2.45, 2.75) is 4.90 Å². The fraction of sp³-hybridized carbons (Fsp3) is 0.0417. The molecular weight excluding hydrogens is 488 g/mol. The molecule has 4 aromatic rings. The number of nitro groups is 1. The summed E-state index contributed by atoms with van der Waals surface area (Å²) >= 11 is 0. The molecule has 0 spiro atoms. The molecule has 0 radical (unpaired) electrons. The van der Waals surface area contributed by atoms with Gasteiger partial charge in [-0.3, -0.25) is 19.6 Å². The highest BCUT2D eigenvalue weighted by Crippen LogP contribution is 2.40. The minimum absolute atomic E-state index is 0.0236. The number of carbonyl (C=O) groups excluding carboxylic acids is 1. The number of phenolic OH excluding ortho intramolecular Hbond substituents is 1. The Bertz CT molecular complexity index is 1620. The normalized spacial score (nSPS) is 11.5. The Morgan fingerprint density at radius 3 is 2.36 bits per heavy atom. The number of fused-ring (bicyclic) bond motifs is 1. The summed E-state index contributed by atoms with van der Waals surface area (Å²) in [5, 5.41) is 29.7. The number of non-ortho nitro benzene ring substituents is 1. The lowest BCUT2D eigenvalue weighted by Crippen LogP contribution is -2.13. The Morgan fingerprint density at radius 2 is 1.69 bits per heavy atom. The Hall–Kier alpha value is -4.84. The van der Waals surface area contributed by atoms with E-state index in [2.05, 4.69) is 15.0 Å². The van der Waals surface area contributed by atoms with Gasteiger partial charge in [0.05, 0.1) is 28.2 Å². The van der Waals surface area contributed by atoms with Crippen LogP contribution >= 0.6 is 0 Å². The van der Waals surface area contributed by atoms with E-state index < -0.39 is 20.9 Å². The summed E-state index contributed by atoms with van der Waals surface area (Å²) in [5.41, 5.74) is -0.454. The number of anilines is 1. The summed E-state index contributed by atoms with van der Waals surface area (Å²) in [5.74, 6) is -0.722. The summed E-state index contributed by atoms with van der Waals surface area (Å²) in [6.07, 6.45) is 0. The van der Waals surface area contributed by atoms with Gasteiger partial charge in [0.15, 0.2) is 5.75 Å². The number of rotatable bonds is 7. The molecule has 36 heavy (non-hydrogen) atoms. The number of aromatic hydroxyl groups is 1. The number of hydrogen-bond donors (Lipinski definition) is 2. The fourth-order valence-electron chi connectivity index (χ4n) is 3.37. The van der Waals surface area contributed by atoms with E-state index in [-0.39, 0.29) is 38.7 Å². The number of carbonyl (C=O) groups is 1. The van der Waals surface area contributed by atoms with Gasteiger partial charge in [0.1, 0.15) is 11.4 Å². The number of methoxy groups -OCH3 is 1. The SMILES string of the molecule is COc1ccc(S(=O)(=O)Nc2cc(N=NC(=O)c3cccc([N+](=O)[O-])c3)c(O)c3ccccc23)cc1. The molecule has 0 saturated heterocycles. The quantitative estimate of drug-likeness (QED) is 0.151. The molecule has 0 fully saturated rings. The van der Waals surface area contributed by atoms with E-state index in [4.69, 9.17) is 4.74 Å². The maximum Gasteiger partial charge on any atom is 0.295 e. The molecule has 4 rings (SSSR count). The molecule has 11 nitrogen and oxygen atoms in total. The van der Waals surface area contributed by atoms with Gasteiger partial charge in [0.2, 0.25) is 0 Å². The van der Waals surface area contributed by atoms with Crippen LogP contribution in [-0.2, 0) is 10.0 Å². The van der Waals surface area contributed by atoms with E-state index in [1.807, 2.05) is 0 Å². The highest BCUT2D eigenvalue weighted by Gasteiger charge is 2.19. The number of nitro benzene ring substituents is 1. The summed E-state index contributed by atoms with van der Waals surface area (Å²) in [7, 11) is -2.57. The largest absolute Gasteiger partial charge is 0.505 e. The summed E-state index contributed by atoms with van der Waals surface area (Å²) in [6.45, 7) is 0. The minimum Gasteiger partial charge on any atom is -0.505 e. The highest BCUT2D eigenvalue weighted by molar-refractivity contribution is 7.92. The number of amides is 1. The van der Waals surface area contributed by atoms with Crippen molar-refractivity contribution in [3.63, 3.8) is 0 Å². The number of benzene rings is 4. The Kier molecular flexibility index (Phi) is 6.61. The average Bonchev–Trinajstić information content (AvgIpc) is 2.89. The molecule has 12 heteroatoms. The smallest absolute Gasteiger partial charge is 0.295 e. The van der Waals surface area contributed by atoms with E-state index in [0.717, 1.165) is 6.07 Å². The molecule has 1 amide bonds. The van der Waals surface area contributed by atoms with Crippen LogP contribution in [-0.4, -0.2) is 31.5 Å². The third kappa shape index (κ3) is 4.98. The second-order valence-corrected chi connectivity index (χ2v) is 9.11. The van der Waals surface area contributed by atoms with Crippen molar-refractivity contribution in [2.75, 3.05) is 11.8 Å². The van der Waals surface area contributed by atoms with Crippen LogP contribution in [0, 0.1) is 10.1 Å². The molecule has 0 atom stereocenters. The van der Waals surface area contributed by atoms with Gasteiger partial charge < -0.3 is 9.84 Å². The third-order valence-corrected chi connectivity index (χ3v) is 6.54. The average molecular weight is 506 g/mol. The van der Waals surface area contributed by atoms with Crippen LogP contribution < -0.4 is 9.46 Å². The van der Waals surface area contributed by atoms with Crippen LogP contribution in [0.2, 0.25) is 0 Å². The summed E-state index contributed by atoms with van der Waals surface area (Å²) < 4.78 is 33.5. The lowest BCUT2D eigenvalue weighted by atomic mass is 10.1. The number of azo groups is 1. The molecule has 182 valence electrons. The molecular formula is C24H18N4O7S. The number of hydrogen-bond acceptors (Lipinski definition) is 8. The summed E-state index contributed by atoms with van der Waals surface area (Å²) in [6, 6.07) is 18.4. The van der Waals surface area contributed by atoms with Crippen LogP contribution in [0.25, 0.3) is 10.8 Å². The zero-order chi connectivity index (χ0) is 25.9. The topological polar surface area (TPSA) is 161 Å². The Labute approximate surface area is 204 Å². The first-order valence-corrected chi connectivity index (χ1v) is 11.8. The van der Waals surface area contributed by atoms with Crippen molar-refractivity contribution >= 4 is 43.8 Å². The number of nitrogens with one attached hydrogen (secondary N) is 1. The maximum absolute atomic E-state index is 13.0. The second kappa shape index (κ2) is 9.80. The van der Waals surface area contributed by atoms with Gasteiger partial charge in [-0.05, 0) is 36.4 Å². The van der Waals surface area contributed by atoms with E-state index in [0.29, 0.717) is 11.1 Å². The lowest BCUT2D eigenvalue weighted by Gasteiger charge is -2.13. The van der Waals surface area contributed by atoms with Crippen LogP contribution in [0.3, 0.4) is 0 Å². The molecule has 0 aliphatic carbocycles. The van der Waals surface area contributed by atoms with Crippen molar-refractivity contribution in [2.24, 2.45) is 10.2 Å². The first kappa shape index (κ1) is 24.3. The van der Waals surface area contributed by atoms with Crippen molar-refractivity contribution in [1.82, 2.24) is 0 Å². The van der Waals surface area contributed by atoms with Gasteiger partial charge in [0.25, 0.3) is 21.6 Å². The van der Waals surface area contributed by atoms with E-state index in [1.54, 1.807) is 24.3 Å². The number of ether oxygens (including phenoxy) is 1. The van der Waals surface area contributed by atoms with Crippen molar-refractivity contribution in [3.05, 3.63) is 94.5 Å². The molecule has 0 saturated carbocycles. The molecule has 0 unspecified atom stereocenters. The maximum atomic E-state index is 13.0. The predicted octanol–water partition coefficient (Wildman–Crippen LogP) is 5.19. The molecule has 0 aliphatic heterocycles. The van der Waals surface area contributed by atoms with Gasteiger partial charge in [-0.2, -0.15) is 0 Å². The Morgan fingerprint density at radius 1 is 1.00 bits per heavy atom. The zero-order valence-corrected chi connectivity index (χ0v) is 19.5. The van der Waals surface area contributed by atoms with Crippen LogP contribution in [0.1, 0.15) is 10.4 Å². The monoisotopic (exact) mass is 506 g/mol. The van der Waals surface area contributed by atoms with Crippen molar-refractivity contribution in [1.29, 1.82) is 0 Å². The first-order chi connectivity index (χ1) is 17.2. The molecule has 0 bridgehead atoms. The molecule has 0 heterocycles. The predicted molar refractivity (Wildman–Crippen MR) is 131 cm³/mol. The third-order valence-electron chi connectivity index (χ3n) is 5.16. The zero-order valence-electron chi connectivity index (χ0n) is 18.7. The van der Waals surface area contributed by atoms with E-state index in [9.17, 15) is 28.4 Å². The standard InChI is InChI=1S/C24H18N4O7S/c1-35-17-9-11-18(12-10-17)36(33,34)27-21-14-22(23(29)20-8-3-2-7-19(20)21)25-26-24(30)15-5-4-6-16(13-15)28(31)32/h2-14,27,29H,1H3. The van der Waals surface area contributed by atoms with E-state index in [1.165, 1.54) is 55.6 Å². The fourth-order valence-corrected chi connectivity index (χ4v) is 4.44. The van der Waals surface area contributed by atoms with Gasteiger partial charge in [-0.1, -0.05) is 30.3 Å². The first-order valence-electron chi connectivity index (χ1n) is 10.3. The number of nitrogens with zero attached hydrogens (tertiary/aromatic N) is 3. The van der Waals surface area contributed by atoms with Crippen molar-refractivity contribution in [3.8, 4) is 11.5 Å². The van der Waals surface area contributed by atoms with Crippen LogP contribution in [0.4, 0.5) is 17.1 Å².